The predicted molar refractivity (Wildman–Crippen MR) is 77.4 cm³/mol. The molecule has 0 amide bonds. The zero-order valence-electron chi connectivity index (χ0n) is 11.8. The first-order chi connectivity index (χ1) is 9.34. The number of aryl methyl sites for hydroxylation is 1. The van der Waals surface area contributed by atoms with Gasteiger partial charge in [0, 0.05) is 17.3 Å². The highest BCUT2D eigenvalue weighted by molar-refractivity contribution is 5.47. The molecule has 104 valence electrons. The van der Waals surface area contributed by atoms with Gasteiger partial charge < -0.3 is 10.6 Å². The number of nitrogens with one attached hydrogen (secondary N) is 2. The largest absolute Gasteiger partial charge is 0.367 e. The van der Waals surface area contributed by atoms with Gasteiger partial charge in [-0.15, -0.1) is 0 Å². The summed E-state index contributed by atoms with van der Waals surface area (Å²) in [7, 11) is 0. The number of fused-ring (bicyclic) bond motifs is 1. The molecule has 2 heterocycles. The molecule has 19 heavy (non-hydrogen) atoms. The smallest absolute Gasteiger partial charge is 0.133 e. The Morgan fingerprint density at radius 2 is 2.16 bits per heavy atom. The van der Waals surface area contributed by atoms with E-state index in [2.05, 4.69) is 27.5 Å². The Morgan fingerprint density at radius 3 is 3.00 bits per heavy atom. The van der Waals surface area contributed by atoms with E-state index in [1.165, 1.54) is 43.5 Å². The van der Waals surface area contributed by atoms with Crippen LogP contribution in [-0.4, -0.2) is 29.1 Å². The van der Waals surface area contributed by atoms with Gasteiger partial charge in [-0.2, -0.15) is 0 Å². The fourth-order valence-electron chi connectivity index (χ4n) is 3.28. The lowest BCUT2D eigenvalue weighted by Crippen LogP contribution is -2.39. The van der Waals surface area contributed by atoms with Crippen LogP contribution in [0.3, 0.4) is 0 Å². The monoisotopic (exact) mass is 260 g/mol. The number of anilines is 1. The van der Waals surface area contributed by atoms with Crippen molar-refractivity contribution in [3.63, 3.8) is 0 Å². The van der Waals surface area contributed by atoms with Gasteiger partial charge in [-0.1, -0.05) is 0 Å². The molecule has 2 N–H and O–H groups in total. The molecule has 3 rings (SSSR count). The zero-order valence-corrected chi connectivity index (χ0v) is 11.8. The Kier molecular flexibility index (Phi) is 3.97. The second-order valence-corrected chi connectivity index (χ2v) is 5.89. The van der Waals surface area contributed by atoms with E-state index in [4.69, 9.17) is 0 Å². The van der Waals surface area contributed by atoms with E-state index in [0.29, 0.717) is 12.0 Å². The zero-order chi connectivity index (χ0) is 13.1. The second-order valence-electron chi connectivity index (χ2n) is 5.89. The van der Waals surface area contributed by atoms with Gasteiger partial charge in [0.05, 0.1) is 0 Å². The minimum atomic E-state index is 0.480. The highest BCUT2D eigenvalue weighted by Crippen LogP contribution is 2.26. The van der Waals surface area contributed by atoms with Gasteiger partial charge in [0.1, 0.15) is 12.1 Å². The average molecular weight is 260 g/mol. The van der Waals surface area contributed by atoms with Crippen molar-refractivity contribution in [3.8, 4) is 0 Å². The fraction of sp³-hybridized carbons (Fsp3) is 0.733. The van der Waals surface area contributed by atoms with Crippen LogP contribution >= 0.6 is 0 Å². The Labute approximate surface area is 115 Å². The highest BCUT2D eigenvalue weighted by Gasteiger charge is 2.22. The van der Waals surface area contributed by atoms with Gasteiger partial charge in [-0.25, -0.2) is 9.97 Å². The van der Waals surface area contributed by atoms with E-state index < -0.39 is 0 Å². The fourth-order valence-corrected chi connectivity index (χ4v) is 3.28. The van der Waals surface area contributed by atoms with Gasteiger partial charge in [-0.05, 0) is 64.5 Å². The normalized spacial score (nSPS) is 24.6. The quantitative estimate of drug-likeness (QED) is 0.874. The molecule has 1 aliphatic carbocycles. The van der Waals surface area contributed by atoms with E-state index in [1.54, 1.807) is 6.33 Å². The van der Waals surface area contributed by atoms with Gasteiger partial charge in [0.15, 0.2) is 0 Å². The van der Waals surface area contributed by atoms with Gasteiger partial charge in [0.25, 0.3) is 0 Å². The second kappa shape index (κ2) is 5.87. The summed E-state index contributed by atoms with van der Waals surface area (Å²) in [5.41, 5.74) is 2.63. The molecule has 2 unspecified atom stereocenters. The minimum absolute atomic E-state index is 0.480. The van der Waals surface area contributed by atoms with Crippen LogP contribution in [0.4, 0.5) is 5.82 Å². The molecule has 1 aromatic rings. The average Bonchev–Trinajstić information content (AvgIpc) is 2.48. The van der Waals surface area contributed by atoms with Crippen molar-refractivity contribution in [2.24, 2.45) is 5.92 Å². The van der Waals surface area contributed by atoms with E-state index in [1.807, 2.05) is 0 Å². The highest BCUT2D eigenvalue weighted by atomic mass is 15.1. The number of hydrogen-bond donors (Lipinski definition) is 2. The SMILES string of the molecule is CC(Nc1ncnc2c1CCCC2)C1CCCNC1. The Morgan fingerprint density at radius 1 is 1.26 bits per heavy atom. The van der Waals surface area contributed by atoms with Crippen LogP contribution in [0.1, 0.15) is 43.9 Å². The first-order valence-electron chi connectivity index (χ1n) is 7.64. The third kappa shape index (κ3) is 2.89. The van der Waals surface area contributed by atoms with Crippen LogP contribution in [-0.2, 0) is 12.8 Å². The lowest BCUT2D eigenvalue weighted by atomic mass is 9.92. The predicted octanol–water partition coefficient (Wildman–Crippen LogP) is 2.16. The van der Waals surface area contributed by atoms with Crippen molar-refractivity contribution in [1.29, 1.82) is 0 Å². The summed E-state index contributed by atoms with van der Waals surface area (Å²) >= 11 is 0. The van der Waals surface area contributed by atoms with Gasteiger partial charge in [-0.3, -0.25) is 0 Å². The molecular weight excluding hydrogens is 236 g/mol. The summed E-state index contributed by atoms with van der Waals surface area (Å²) in [6.45, 7) is 4.59. The van der Waals surface area contributed by atoms with E-state index in [-0.39, 0.29) is 0 Å². The molecule has 0 spiro atoms. The Bertz CT molecular complexity index is 426. The maximum Gasteiger partial charge on any atom is 0.133 e. The van der Waals surface area contributed by atoms with Crippen LogP contribution in [0.2, 0.25) is 0 Å². The van der Waals surface area contributed by atoms with E-state index in [0.717, 1.165) is 25.2 Å². The molecule has 1 aromatic heterocycles. The lowest BCUT2D eigenvalue weighted by Gasteiger charge is -2.30. The third-order valence-corrected chi connectivity index (χ3v) is 4.53. The van der Waals surface area contributed by atoms with Crippen molar-refractivity contribution in [1.82, 2.24) is 15.3 Å². The molecule has 2 aliphatic rings. The maximum atomic E-state index is 4.48. The van der Waals surface area contributed by atoms with E-state index >= 15 is 0 Å². The van der Waals surface area contributed by atoms with E-state index in [9.17, 15) is 0 Å². The first kappa shape index (κ1) is 12.9. The molecule has 1 saturated heterocycles. The van der Waals surface area contributed by atoms with Crippen LogP contribution in [0.5, 0.6) is 0 Å². The third-order valence-electron chi connectivity index (χ3n) is 4.53. The molecular formula is C15H24N4. The van der Waals surface area contributed by atoms with Crippen molar-refractivity contribution in [2.45, 2.75) is 51.5 Å². The van der Waals surface area contributed by atoms with Crippen LogP contribution < -0.4 is 10.6 Å². The summed E-state index contributed by atoms with van der Waals surface area (Å²) in [6, 6.07) is 0.480. The topological polar surface area (TPSA) is 49.8 Å². The van der Waals surface area contributed by atoms with Crippen LogP contribution in [0.15, 0.2) is 6.33 Å². The molecule has 4 nitrogen and oxygen atoms in total. The number of aromatic nitrogens is 2. The summed E-state index contributed by atoms with van der Waals surface area (Å²) in [6.07, 6.45) is 9.12. The number of hydrogen-bond acceptors (Lipinski definition) is 4. The van der Waals surface area contributed by atoms with Gasteiger partial charge in [0.2, 0.25) is 0 Å². The summed E-state index contributed by atoms with van der Waals surface area (Å²) < 4.78 is 0. The minimum Gasteiger partial charge on any atom is -0.367 e. The lowest BCUT2D eigenvalue weighted by molar-refractivity contribution is 0.346. The molecule has 4 heteroatoms. The summed E-state index contributed by atoms with van der Waals surface area (Å²) in [5, 5.41) is 7.14. The van der Waals surface area contributed by atoms with Crippen molar-refractivity contribution < 1.29 is 0 Å². The Balaban J connectivity index is 1.72. The first-order valence-corrected chi connectivity index (χ1v) is 7.64. The van der Waals surface area contributed by atoms with Crippen LogP contribution in [0, 0.1) is 5.92 Å². The molecule has 0 saturated carbocycles. The van der Waals surface area contributed by atoms with Gasteiger partial charge >= 0.3 is 0 Å². The molecule has 0 aromatic carbocycles. The summed E-state index contributed by atoms with van der Waals surface area (Å²) in [4.78, 5) is 8.92. The molecule has 0 bridgehead atoms. The molecule has 1 aliphatic heterocycles. The Hall–Kier alpha value is -1.16. The van der Waals surface area contributed by atoms with Crippen LogP contribution in [0.25, 0.3) is 0 Å². The van der Waals surface area contributed by atoms with Crippen molar-refractivity contribution >= 4 is 5.82 Å². The van der Waals surface area contributed by atoms with Crippen molar-refractivity contribution in [2.75, 3.05) is 18.4 Å². The number of rotatable bonds is 3. The number of nitrogens with zero attached hydrogens (tertiary/aromatic N) is 2. The summed E-state index contributed by atoms with van der Waals surface area (Å²) in [5.74, 6) is 1.80. The maximum absolute atomic E-state index is 4.48. The standard InChI is InChI=1S/C15H24N4/c1-11(12-5-4-8-16-9-12)19-15-13-6-2-3-7-14(13)17-10-18-15/h10-12,16H,2-9H2,1H3,(H,17,18,19). The van der Waals surface area contributed by atoms with Crippen molar-refractivity contribution in [3.05, 3.63) is 17.6 Å². The number of piperidine rings is 1. The molecule has 2 atom stereocenters. The molecule has 0 radical (unpaired) electrons. The molecule has 1 fully saturated rings.